The molecule has 2 nitrogen and oxygen atoms in total. The zero-order chi connectivity index (χ0) is 8.39. The third-order valence-corrected chi connectivity index (χ3v) is 2.01. The molecule has 0 amide bonds. The molecule has 2 heterocycles. The molecule has 0 radical (unpaired) electrons. The number of pyridine rings is 1. The van der Waals surface area contributed by atoms with Crippen LogP contribution < -0.4 is 0 Å². The van der Waals surface area contributed by atoms with Crippen molar-refractivity contribution in [2.24, 2.45) is 0 Å². The summed E-state index contributed by atoms with van der Waals surface area (Å²) in [6.07, 6.45) is 5.08. The van der Waals surface area contributed by atoms with E-state index in [4.69, 9.17) is 4.42 Å². The molecule has 0 aromatic carbocycles. The van der Waals surface area contributed by atoms with Crippen LogP contribution in [0, 0.1) is 0 Å². The van der Waals surface area contributed by atoms with E-state index in [9.17, 15) is 0 Å². The van der Waals surface area contributed by atoms with Gasteiger partial charge in [0.15, 0.2) is 0 Å². The molecular formula is C9H6BrNO. The van der Waals surface area contributed by atoms with E-state index in [1.165, 1.54) is 0 Å². The summed E-state index contributed by atoms with van der Waals surface area (Å²) in [5, 5.41) is 0. The molecule has 3 heteroatoms. The van der Waals surface area contributed by atoms with Crippen LogP contribution in [0.25, 0.3) is 11.3 Å². The Kier molecular flexibility index (Phi) is 1.96. The van der Waals surface area contributed by atoms with Gasteiger partial charge in [-0.2, -0.15) is 0 Å². The zero-order valence-corrected chi connectivity index (χ0v) is 7.78. The number of nitrogens with zero attached hydrogens (tertiary/aromatic N) is 1. The lowest BCUT2D eigenvalue weighted by Crippen LogP contribution is -1.78. The van der Waals surface area contributed by atoms with Gasteiger partial charge in [0.1, 0.15) is 0 Å². The van der Waals surface area contributed by atoms with Crippen LogP contribution >= 0.6 is 15.9 Å². The van der Waals surface area contributed by atoms with E-state index in [1.54, 1.807) is 18.7 Å². The summed E-state index contributed by atoms with van der Waals surface area (Å²) >= 11 is 3.32. The molecule has 0 aliphatic rings. The molecule has 0 aliphatic heterocycles. The van der Waals surface area contributed by atoms with Gasteiger partial charge in [0, 0.05) is 16.2 Å². The van der Waals surface area contributed by atoms with Crippen LogP contribution in [0.1, 0.15) is 0 Å². The first-order valence-corrected chi connectivity index (χ1v) is 4.30. The summed E-state index contributed by atoms with van der Waals surface area (Å²) in [4.78, 5) is 4.21. The van der Waals surface area contributed by atoms with Crippen LogP contribution in [-0.4, -0.2) is 4.98 Å². The standard InChI is InChI=1S/C9H6BrNO/c10-8-1-2-9(11-5-8)7-3-4-12-6-7/h1-6H. The average Bonchev–Trinajstić information content (AvgIpc) is 2.58. The molecule has 0 bridgehead atoms. The average molecular weight is 224 g/mol. The van der Waals surface area contributed by atoms with Crippen molar-refractivity contribution >= 4 is 15.9 Å². The van der Waals surface area contributed by atoms with Crippen molar-refractivity contribution < 1.29 is 4.42 Å². The SMILES string of the molecule is Brc1ccc(-c2ccoc2)nc1. The van der Waals surface area contributed by atoms with E-state index in [0.29, 0.717) is 0 Å². The Labute approximate surface area is 78.4 Å². The summed E-state index contributed by atoms with van der Waals surface area (Å²) in [7, 11) is 0. The molecule has 12 heavy (non-hydrogen) atoms. The first kappa shape index (κ1) is 7.55. The quantitative estimate of drug-likeness (QED) is 0.743. The second-order valence-corrected chi connectivity index (χ2v) is 3.29. The molecule has 0 aliphatic carbocycles. The van der Waals surface area contributed by atoms with E-state index >= 15 is 0 Å². The fourth-order valence-corrected chi connectivity index (χ4v) is 1.19. The smallest absolute Gasteiger partial charge is 0.0996 e. The van der Waals surface area contributed by atoms with Gasteiger partial charge in [-0.15, -0.1) is 0 Å². The maximum absolute atomic E-state index is 4.95. The third kappa shape index (κ3) is 1.41. The number of furan rings is 1. The van der Waals surface area contributed by atoms with Crippen LogP contribution in [0.15, 0.2) is 45.8 Å². The van der Waals surface area contributed by atoms with Crippen molar-refractivity contribution in [3.05, 3.63) is 41.4 Å². The lowest BCUT2D eigenvalue weighted by Gasteiger charge is -1.94. The highest BCUT2D eigenvalue weighted by atomic mass is 79.9. The van der Waals surface area contributed by atoms with Crippen LogP contribution in [0.3, 0.4) is 0 Å². The molecule has 0 saturated heterocycles. The summed E-state index contributed by atoms with van der Waals surface area (Å²) in [5.41, 5.74) is 1.93. The molecule has 2 rings (SSSR count). The number of halogens is 1. The maximum Gasteiger partial charge on any atom is 0.0996 e. The number of aromatic nitrogens is 1. The zero-order valence-electron chi connectivity index (χ0n) is 6.20. The van der Waals surface area contributed by atoms with Crippen LogP contribution in [0.4, 0.5) is 0 Å². The molecule has 0 atom stereocenters. The summed E-state index contributed by atoms with van der Waals surface area (Å²) < 4.78 is 5.93. The topological polar surface area (TPSA) is 26.0 Å². The van der Waals surface area contributed by atoms with Gasteiger partial charge in [-0.05, 0) is 34.1 Å². The first-order chi connectivity index (χ1) is 5.86. The van der Waals surface area contributed by atoms with Crippen molar-refractivity contribution in [1.82, 2.24) is 4.98 Å². The fourth-order valence-electron chi connectivity index (χ4n) is 0.957. The molecule has 2 aromatic rings. The highest BCUT2D eigenvalue weighted by molar-refractivity contribution is 9.10. The van der Waals surface area contributed by atoms with Gasteiger partial charge in [-0.1, -0.05) is 0 Å². The first-order valence-electron chi connectivity index (χ1n) is 3.50. The predicted octanol–water partition coefficient (Wildman–Crippen LogP) is 3.10. The summed E-state index contributed by atoms with van der Waals surface area (Å²) in [6, 6.07) is 5.78. The van der Waals surface area contributed by atoms with Crippen molar-refractivity contribution in [3.63, 3.8) is 0 Å². The van der Waals surface area contributed by atoms with Gasteiger partial charge < -0.3 is 4.42 Å². The number of hydrogen-bond donors (Lipinski definition) is 0. The van der Waals surface area contributed by atoms with E-state index in [2.05, 4.69) is 20.9 Å². The Morgan fingerprint density at radius 2 is 2.17 bits per heavy atom. The summed E-state index contributed by atoms with van der Waals surface area (Å²) in [5.74, 6) is 0. The van der Waals surface area contributed by atoms with Crippen molar-refractivity contribution in [3.8, 4) is 11.3 Å². The molecule has 0 unspecified atom stereocenters. The van der Waals surface area contributed by atoms with Crippen molar-refractivity contribution in [2.75, 3.05) is 0 Å². The van der Waals surface area contributed by atoms with Gasteiger partial charge in [0.2, 0.25) is 0 Å². The van der Waals surface area contributed by atoms with Gasteiger partial charge in [-0.25, -0.2) is 0 Å². The normalized spacial score (nSPS) is 10.1. The second kappa shape index (κ2) is 3.11. The van der Waals surface area contributed by atoms with Crippen LogP contribution in [0.5, 0.6) is 0 Å². The maximum atomic E-state index is 4.95. The minimum absolute atomic E-state index is 0.923. The van der Waals surface area contributed by atoms with Crippen LogP contribution in [-0.2, 0) is 0 Å². The molecule has 0 spiro atoms. The minimum Gasteiger partial charge on any atom is -0.472 e. The minimum atomic E-state index is 0.923. The Hall–Kier alpha value is -1.09. The van der Waals surface area contributed by atoms with E-state index in [0.717, 1.165) is 15.7 Å². The fraction of sp³-hybridized carbons (Fsp3) is 0. The lowest BCUT2D eigenvalue weighted by molar-refractivity contribution is 0.568. The second-order valence-electron chi connectivity index (χ2n) is 2.37. The van der Waals surface area contributed by atoms with E-state index < -0.39 is 0 Å². The molecule has 0 saturated carbocycles. The van der Waals surface area contributed by atoms with Crippen molar-refractivity contribution in [1.29, 1.82) is 0 Å². The Bertz CT molecular complexity index is 353. The summed E-state index contributed by atoms with van der Waals surface area (Å²) in [6.45, 7) is 0. The molecule has 0 fully saturated rings. The number of rotatable bonds is 1. The molecule has 60 valence electrons. The highest BCUT2D eigenvalue weighted by Gasteiger charge is 1.98. The van der Waals surface area contributed by atoms with Gasteiger partial charge in [0.25, 0.3) is 0 Å². The predicted molar refractivity (Wildman–Crippen MR) is 49.6 cm³/mol. The number of hydrogen-bond acceptors (Lipinski definition) is 2. The van der Waals surface area contributed by atoms with E-state index in [-0.39, 0.29) is 0 Å². The largest absolute Gasteiger partial charge is 0.472 e. The van der Waals surface area contributed by atoms with Gasteiger partial charge >= 0.3 is 0 Å². The van der Waals surface area contributed by atoms with E-state index in [1.807, 2.05) is 18.2 Å². The Balaban J connectivity index is 2.43. The third-order valence-electron chi connectivity index (χ3n) is 1.54. The van der Waals surface area contributed by atoms with Gasteiger partial charge in [0.05, 0.1) is 18.2 Å². The lowest BCUT2D eigenvalue weighted by atomic mass is 10.2. The van der Waals surface area contributed by atoms with Crippen LogP contribution in [0.2, 0.25) is 0 Å². The molecular weight excluding hydrogens is 218 g/mol. The highest BCUT2D eigenvalue weighted by Crippen LogP contribution is 2.18. The monoisotopic (exact) mass is 223 g/mol. The molecule has 2 aromatic heterocycles. The molecule has 0 N–H and O–H groups in total. The Morgan fingerprint density at radius 1 is 1.25 bits per heavy atom. The van der Waals surface area contributed by atoms with Gasteiger partial charge in [-0.3, -0.25) is 4.98 Å². The van der Waals surface area contributed by atoms with Crippen molar-refractivity contribution in [2.45, 2.75) is 0 Å². The Morgan fingerprint density at radius 3 is 2.75 bits per heavy atom.